The largest absolute Gasteiger partial charge is 0.494 e. The van der Waals surface area contributed by atoms with E-state index in [2.05, 4.69) is 20.9 Å². The maximum atomic E-state index is 12.3. The molecule has 1 aromatic heterocycles. The fourth-order valence-corrected chi connectivity index (χ4v) is 2.88. The highest BCUT2D eigenvalue weighted by molar-refractivity contribution is 6.05. The summed E-state index contributed by atoms with van der Waals surface area (Å²) in [6, 6.07) is 8.54. The van der Waals surface area contributed by atoms with Crippen molar-refractivity contribution >= 4 is 23.2 Å². The second-order valence-electron chi connectivity index (χ2n) is 6.14. The Morgan fingerprint density at radius 3 is 2.85 bits per heavy atom. The fraction of sp³-hybridized carbons (Fsp3) is 0.316. The lowest BCUT2D eigenvalue weighted by Gasteiger charge is -2.22. The van der Waals surface area contributed by atoms with Gasteiger partial charge in [-0.1, -0.05) is 0 Å². The van der Waals surface area contributed by atoms with E-state index >= 15 is 0 Å². The van der Waals surface area contributed by atoms with E-state index in [0.29, 0.717) is 29.2 Å². The molecule has 2 amide bonds. The van der Waals surface area contributed by atoms with Crippen molar-refractivity contribution in [2.45, 2.75) is 12.8 Å². The first-order chi connectivity index (χ1) is 12.7. The van der Waals surface area contributed by atoms with Crippen LogP contribution in [0.5, 0.6) is 5.75 Å². The van der Waals surface area contributed by atoms with Crippen molar-refractivity contribution in [2.24, 2.45) is 5.92 Å². The average molecular weight is 354 g/mol. The summed E-state index contributed by atoms with van der Waals surface area (Å²) in [4.78, 5) is 28.6. The highest BCUT2D eigenvalue weighted by Gasteiger charge is 2.21. The summed E-state index contributed by atoms with van der Waals surface area (Å²) >= 11 is 0. The molecule has 0 bridgehead atoms. The first-order valence-corrected chi connectivity index (χ1v) is 8.58. The van der Waals surface area contributed by atoms with Gasteiger partial charge in [-0.25, -0.2) is 0 Å². The molecule has 1 fully saturated rings. The summed E-state index contributed by atoms with van der Waals surface area (Å²) in [5.74, 6) is 0.161. The van der Waals surface area contributed by atoms with E-state index in [0.717, 1.165) is 19.4 Å². The number of nitrogens with one attached hydrogen (secondary N) is 3. The molecule has 1 atom stereocenters. The summed E-state index contributed by atoms with van der Waals surface area (Å²) in [6.07, 6.45) is 4.99. The van der Waals surface area contributed by atoms with Crippen molar-refractivity contribution in [1.29, 1.82) is 0 Å². The number of ether oxygens (including phenoxy) is 1. The number of hydrogen-bond donors (Lipinski definition) is 3. The SMILES string of the molecule is COc1cc(NC(=O)C2CCCNC2)ccc1NC(=O)c1cccnc1. The number of carbonyl (C=O) groups is 2. The third-order valence-electron chi connectivity index (χ3n) is 4.31. The lowest BCUT2D eigenvalue weighted by atomic mass is 9.99. The summed E-state index contributed by atoms with van der Waals surface area (Å²) in [6.45, 7) is 1.66. The number of methoxy groups -OCH3 is 1. The first-order valence-electron chi connectivity index (χ1n) is 8.58. The van der Waals surface area contributed by atoms with Crippen LogP contribution >= 0.6 is 0 Å². The van der Waals surface area contributed by atoms with Crippen molar-refractivity contribution < 1.29 is 14.3 Å². The second-order valence-corrected chi connectivity index (χ2v) is 6.14. The molecule has 3 rings (SSSR count). The number of aromatic nitrogens is 1. The van der Waals surface area contributed by atoms with Crippen molar-refractivity contribution in [2.75, 3.05) is 30.8 Å². The molecular formula is C19H22N4O3. The van der Waals surface area contributed by atoms with Crippen LogP contribution in [-0.4, -0.2) is 37.0 Å². The Morgan fingerprint density at radius 2 is 2.15 bits per heavy atom. The van der Waals surface area contributed by atoms with E-state index in [1.54, 1.807) is 36.5 Å². The van der Waals surface area contributed by atoms with Gasteiger partial charge in [0.25, 0.3) is 5.91 Å². The summed E-state index contributed by atoms with van der Waals surface area (Å²) in [5, 5.41) is 8.94. The van der Waals surface area contributed by atoms with Crippen molar-refractivity contribution in [1.82, 2.24) is 10.3 Å². The quantitative estimate of drug-likeness (QED) is 0.766. The van der Waals surface area contributed by atoms with Crippen LogP contribution < -0.4 is 20.7 Å². The molecule has 7 heteroatoms. The lowest BCUT2D eigenvalue weighted by molar-refractivity contribution is -0.120. The number of rotatable bonds is 5. The van der Waals surface area contributed by atoms with Crippen LogP contribution in [0.2, 0.25) is 0 Å². The van der Waals surface area contributed by atoms with Gasteiger partial charge in [-0.15, -0.1) is 0 Å². The molecule has 7 nitrogen and oxygen atoms in total. The van der Waals surface area contributed by atoms with Crippen LogP contribution in [-0.2, 0) is 4.79 Å². The summed E-state index contributed by atoms with van der Waals surface area (Å²) in [7, 11) is 1.52. The molecule has 26 heavy (non-hydrogen) atoms. The Morgan fingerprint density at radius 1 is 1.27 bits per heavy atom. The molecule has 2 heterocycles. The van der Waals surface area contributed by atoms with E-state index in [1.807, 2.05) is 0 Å². The highest BCUT2D eigenvalue weighted by Crippen LogP contribution is 2.29. The Hall–Kier alpha value is -2.93. The minimum Gasteiger partial charge on any atom is -0.494 e. The maximum absolute atomic E-state index is 12.3. The molecule has 0 saturated carbocycles. The van der Waals surface area contributed by atoms with Crippen molar-refractivity contribution in [3.63, 3.8) is 0 Å². The van der Waals surface area contributed by atoms with E-state index in [1.165, 1.54) is 13.3 Å². The fourth-order valence-electron chi connectivity index (χ4n) is 2.88. The topological polar surface area (TPSA) is 92.4 Å². The smallest absolute Gasteiger partial charge is 0.257 e. The summed E-state index contributed by atoms with van der Waals surface area (Å²) < 4.78 is 5.36. The van der Waals surface area contributed by atoms with Gasteiger partial charge in [-0.05, 0) is 43.7 Å². The third kappa shape index (κ3) is 4.37. The molecule has 3 N–H and O–H groups in total. The predicted octanol–water partition coefficient (Wildman–Crippen LogP) is 2.28. The van der Waals surface area contributed by atoms with Gasteiger partial charge in [0.15, 0.2) is 0 Å². The highest BCUT2D eigenvalue weighted by atomic mass is 16.5. The van der Waals surface area contributed by atoms with E-state index in [4.69, 9.17) is 4.74 Å². The van der Waals surface area contributed by atoms with E-state index in [9.17, 15) is 9.59 Å². The first kappa shape index (κ1) is 17.9. The second kappa shape index (κ2) is 8.44. The van der Waals surface area contributed by atoms with Gasteiger partial charge in [0, 0.05) is 30.7 Å². The van der Waals surface area contributed by atoms with Gasteiger partial charge in [0.2, 0.25) is 5.91 Å². The van der Waals surface area contributed by atoms with Gasteiger partial charge in [-0.2, -0.15) is 0 Å². The van der Waals surface area contributed by atoms with Crippen LogP contribution in [0.1, 0.15) is 23.2 Å². The number of nitrogens with zero attached hydrogens (tertiary/aromatic N) is 1. The molecule has 0 spiro atoms. The Bertz CT molecular complexity index is 774. The van der Waals surface area contributed by atoms with Gasteiger partial charge in [-0.3, -0.25) is 14.6 Å². The molecule has 1 aromatic carbocycles. The van der Waals surface area contributed by atoms with Gasteiger partial charge in [0.1, 0.15) is 5.75 Å². The molecule has 1 unspecified atom stereocenters. The zero-order valence-electron chi connectivity index (χ0n) is 14.6. The molecule has 0 aliphatic carbocycles. The Labute approximate surface area is 152 Å². The predicted molar refractivity (Wildman–Crippen MR) is 99.4 cm³/mol. The Kier molecular flexibility index (Phi) is 5.80. The van der Waals surface area contributed by atoms with Crippen LogP contribution in [0.4, 0.5) is 11.4 Å². The minimum absolute atomic E-state index is 0.00796. The van der Waals surface area contributed by atoms with Gasteiger partial charge >= 0.3 is 0 Å². The number of amides is 2. The number of carbonyl (C=O) groups excluding carboxylic acids is 2. The van der Waals surface area contributed by atoms with E-state index < -0.39 is 0 Å². The number of piperidine rings is 1. The van der Waals surface area contributed by atoms with Crippen molar-refractivity contribution in [3.05, 3.63) is 48.3 Å². The lowest BCUT2D eigenvalue weighted by Crippen LogP contribution is -2.37. The van der Waals surface area contributed by atoms with Crippen LogP contribution in [0.25, 0.3) is 0 Å². The van der Waals surface area contributed by atoms with Gasteiger partial charge in [0.05, 0.1) is 24.3 Å². The Balaban J connectivity index is 1.69. The van der Waals surface area contributed by atoms with Crippen molar-refractivity contribution in [3.8, 4) is 5.75 Å². The molecule has 2 aromatic rings. The molecule has 0 radical (unpaired) electrons. The third-order valence-corrected chi connectivity index (χ3v) is 4.31. The zero-order valence-corrected chi connectivity index (χ0v) is 14.6. The molecule has 1 saturated heterocycles. The standard InChI is InChI=1S/C19H22N4O3/c1-26-17-10-15(22-18(24)13-4-2-8-20-11-13)6-7-16(17)23-19(25)14-5-3-9-21-12-14/h3,5-7,9-10,12-13,20H,2,4,8,11H2,1H3,(H,22,24)(H,23,25). The number of benzene rings is 1. The maximum Gasteiger partial charge on any atom is 0.257 e. The summed E-state index contributed by atoms with van der Waals surface area (Å²) in [5.41, 5.74) is 1.62. The normalized spacial score (nSPS) is 16.6. The van der Waals surface area contributed by atoms with Gasteiger partial charge < -0.3 is 20.7 Å². The minimum atomic E-state index is -0.276. The zero-order chi connectivity index (χ0) is 18.4. The monoisotopic (exact) mass is 354 g/mol. The number of anilines is 2. The molecular weight excluding hydrogens is 332 g/mol. The number of hydrogen-bond acceptors (Lipinski definition) is 5. The van der Waals surface area contributed by atoms with E-state index in [-0.39, 0.29) is 17.7 Å². The van der Waals surface area contributed by atoms with Crippen LogP contribution in [0, 0.1) is 5.92 Å². The molecule has 1 aliphatic rings. The molecule has 136 valence electrons. The average Bonchev–Trinajstić information content (AvgIpc) is 2.70. The van der Waals surface area contributed by atoms with Crippen LogP contribution in [0.15, 0.2) is 42.7 Å². The van der Waals surface area contributed by atoms with Crippen LogP contribution in [0.3, 0.4) is 0 Å². The molecule has 1 aliphatic heterocycles. The number of pyridine rings is 1.